The Labute approximate surface area is 125 Å². The van der Waals surface area contributed by atoms with Gasteiger partial charge in [0.25, 0.3) is 5.69 Å². The van der Waals surface area contributed by atoms with Crippen LogP contribution in [0.2, 0.25) is 0 Å². The highest BCUT2D eigenvalue weighted by molar-refractivity contribution is 5.36. The summed E-state index contributed by atoms with van der Waals surface area (Å²) in [5.74, 6) is 0. The van der Waals surface area contributed by atoms with Crippen LogP contribution in [0, 0.1) is 24.0 Å². The van der Waals surface area contributed by atoms with Crippen LogP contribution in [0.25, 0.3) is 0 Å². The fourth-order valence-electron chi connectivity index (χ4n) is 2.29. The lowest BCUT2D eigenvalue weighted by Gasteiger charge is -2.16. The zero-order chi connectivity index (χ0) is 15.4. The van der Waals surface area contributed by atoms with Crippen molar-refractivity contribution < 1.29 is 4.92 Å². The number of aryl methyl sites for hydroxylation is 1. The highest BCUT2D eigenvalue weighted by atomic mass is 16.6. The average Bonchev–Trinajstić information content (AvgIpc) is 2.48. The van der Waals surface area contributed by atoms with Crippen molar-refractivity contribution in [3.05, 3.63) is 74.8 Å². The Morgan fingerprint density at radius 1 is 1.19 bits per heavy atom. The summed E-state index contributed by atoms with van der Waals surface area (Å²) in [6.07, 6.45) is 0. The predicted octanol–water partition coefficient (Wildman–Crippen LogP) is 4.06. The molecule has 2 rings (SSSR count). The summed E-state index contributed by atoms with van der Waals surface area (Å²) >= 11 is 0. The van der Waals surface area contributed by atoms with Crippen LogP contribution in [0.4, 0.5) is 5.69 Å². The number of nitrogens with one attached hydrogen (secondary N) is 1. The van der Waals surface area contributed by atoms with Gasteiger partial charge in [-0.2, -0.15) is 0 Å². The molecule has 0 saturated heterocycles. The molecule has 0 aliphatic carbocycles. The van der Waals surface area contributed by atoms with Crippen LogP contribution in [-0.4, -0.2) is 4.92 Å². The summed E-state index contributed by atoms with van der Waals surface area (Å²) in [6, 6.07) is 13.1. The first-order valence-corrected chi connectivity index (χ1v) is 7.02. The maximum absolute atomic E-state index is 10.8. The number of nitro benzene ring substituents is 1. The number of nitro groups is 1. The largest absolute Gasteiger partial charge is 0.306 e. The molecular formula is C17H20N2O2. The number of nitrogens with zero attached hydrogens (tertiary/aromatic N) is 1. The Morgan fingerprint density at radius 3 is 2.62 bits per heavy atom. The highest BCUT2D eigenvalue weighted by Crippen LogP contribution is 2.20. The van der Waals surface area contributed by atoms with Gasteiger partial charge in [-0.25, -0.2) is 0 Å². The molecule has 0 heterocycles. The van der Waals surface area contributed by atoms with Crippen LogP contribution in [0.1, 0.15) is 35.2 Å². The molecular weight excluding hydrogens is 264 g/mol. The van der Waals surface area contributed by atoms with Crippen molar-refractivity contribution in [3.8, 4) is 0 Å². The Morgan fingerprint density at radius 2 is 1.90 bits per heavy atom. The predicted molar refractivity (Wildman–Crippen MR) is 84.3 cm³/mol. The molecule has 0 bridgehead atoms. The average molecular weight is 284 g/mol. The first-order valence-electron chi connectivity index (χ1n) is 7.02. The molecule has 0 aromatic heterocycles. The molecule has 1 atom stereocenters. The van der Waals surface area contributed by atoms with E-state index >= 15 is 0 Å². The van der Waals surface area contributed by atoms with E-state index in [1.165, 1.54) is 22.8 Å². The zero-order valence-electron chi connectivity index (χ0n) is 12.6. The van der Waals surface area contributed by atoms with Gasteiger partial charge in [0.15, 0.2) is 0 Å². The first kappa shape index (κ1) is 15.2. The van der Waals surface area contributed by atoms with E-state index in [-0.39, 0.29) is 16.7 Å². The fourth-order valence-corrected chi connectivity index (χ4v) is 2.29. The number of benzene rings is 2. The summed E-state index contributed by atoms with van der Waals surface area (Å²) in [7, 11) is 0. The minimum atomic E-state index is -0.360. The monoisotopic (exact) mass is 284 g/mol. The number of non-ortho nitro benzene ring substituents is 1. The molecule has 1 unspecified atom stereocenters. The van der Waals surface area contributed by atoms with Crippen LogP contribution in [0.5, 0.6) is 0 Å². The standard InChI is InChI=1S/C17H20N2O2/c1-12-6-4-8-16(13(12)2)11-18-14(3)15-7-5-9-17(10-15)19(20)21/h4-10,14,18H,11H2,1-3H3. The summed E-state index contributed by atoms with van der Waals surface area (Å²) in [4.78, 5) is 10.5. The second kappa shape index (κ2) is 6.50. The van der Waals surface area contributed by atoms with Gasteiger partial charge in [0, 0.05) is 24.7 Å². The van der Waals surface area contributed by atoms with Gasteiger partial charge in [-0.05, 0) is 43.0 Å². The van der Waals surface area contributed by atoms with Gasteiger partial charge in [0.1, 0.15) is 0 Å². The van der Waals surface area contributed by atoms with Crippen LogP contribution in [0.3, 0.4) is 0 Å². The Balaban J connectivity index is 2.08. The lowest BCUT2D eigenvalue weighted by atomic mass is 10.0. The third-order valence-corrected chi connectivity index (χ3v) is 3.90. The van der Waals surface area contributed by atoms with E-state index in [2.05, 4.69) is 37.4 Å². The van der Waals surface area contributed by atoms with E-state index in [0.717, 1.165) is 12.1 Å². The van der Waals surface area contributed by atoms with Gasteiger partial charge in [-0.3, -0.25) is 10.1 Å². The molecule has 2 aromatic carbocycles. The molecule has 0 saturated carbocycles. The molecule has 0 aliphatic rings. The summed E-state index contributed by atoms with van der Waals surface area (Å²) in [5, 5.41) is 14.2. The second-order valence-corrected chi connectivity index (χ2v) is 5.31. The SMILES string of the molecule is Cc1cccc(CNC(C)c2cccc([N+](=O)[O-])c2)c1C. The van der Waals surface area contributed by atoms with Crippen LogP contribution in [-0.2, 0) is 6.54 Å². The molecule has 0 amide bonds. The van der Waals surface area contributed by atoms with E-state index in [0.29, 0.717) is 0 Å². The molecule has 0 radical (unpaired) electrons. The third kappa shape index (κ3) is 3.67. The molecule has 2 aromatic rings. The first-order chi connectivity index (χ1) is 9.99. The van der Waals surface area contributed by atoms with Gasteiger partial charge in [-0.15, -0.1) is 0 Å². The van der Waals surface area contributed by atoms with Crippen molar-refractivity contribution in [1.82, 2.24) is 5.32 Å². The number of hydrogen-bond donors (Lipinski definition) is 1. The highest BCUT2D eigenvalue weighted by Gasteiger charge is 2.11. The van der Waals surface area contributed by atoms with Crippen LogP contribution < -0.4 is 5.32 Å². The van der Waals surface area contributed by atoms with Gasteiger partial charge >= 0.3 is 0 Å². The quantitative estimate of drug-likeness (QED) is 0.665. The molecule has 4 heteroatoms. The lowest BCUT2D eigenvalue weighted by Crippen LogP contribution is -2.18. The lowest BCUT2D eigenvalue weighted by molar-refractivity contribution is -0.384. The minimum absolute atomic E-state index is 0.0600. The number of rotatable bonds is 5. The molecule has 1 N–H and O–H groups in total. The summed E-state index contributed by atoms with van der Waals surface area (Å²) in [6.45, 7) is 6.98. The molecule has 4 nitrogen and oxygen atoms in total. The van der Waals surface area contributed by atoms with E-state index in [1.54, 1.807) is 12.1 Å². The van der Waals surface area contributed by atoms with E-state index in [4.69, 9.17) is 0 Å². The molecule has 110 valence electrons. The van der Waals surface area contributed by atoms with E-state index in [1.807, 2.05) is 13.0 Å². The smallest absolute Gasteiger partial charge is 0.269 e. The van der Waals surface area contributed by atoms with E-state index in [9.17, 15) is 10.1 Å². The van der Waals surface area contributed by atoms with Crippen LogP contribution >= 0.6 is 0 Å². The van der Waals surface area contributed by atoms with Crippen LogP contribution in [0.15, 0.2) is 42.5 Å². The summed E-state index contributed by atoms with van der Waals surface area (Å²) in [5.41, 5.74) is 4.88. The molecule has 0 aliphatic heterocycles. The van der Waals surface area contributed by atoms with Gasteiger partial charge in [0.05, 0.1) is 4.92 Å². The number of hydrogen-bond acceptors (Lipinski definition) is 3. The maximum atomic E-state index is 10.8. The third-order valence-electron chi connectivity index (χ3n) is 3.90. The Hall–Kier alpha value is -2.20. The normalized spacial score (nSPS) is 12.1. The van der Waals surface area contributed by atoms with Crippen molar-refractivity contribution >= 4 is 5.69 Å². The molecule has 21 heavy (non-hydrogen) atoms. The topological polar surface area (TPSA) is 55.2 Å². The zero-order valence-corrected chi connectivity index (χ0v) is 12.6. The van der Waals surface area contributed by atoms with Gasteiger partial charge < -0.3 is 5.32 Å². The van der Waals surface area contributed by atoms with Gasteiger partial charge in [0.2, 0.25) is 0 Å². The molecule has 0 spiro atoms. The molecule has 0 fully saturated rings. The van der Waals surface area contributed by atoms with Crippen molar-refractivity contribution in [3.63, 3.8) is 0 Å². The maximum Gasteiger partial charge on any atom is 0.269 e. The van der Waals surface area contributed by atoms with E-state index < -0.39 is 0 Å². The summed E-state index contributed by atoms with van der Waals surface area (Å²) < 4.78 is 0. The fraction of sp³-hybridized carbons (Fsp3) is 0.294. The van der Waals surface area contributed by atoms with Crippen molar-refractivity contribution in [2.75, 3.05) is 0 Å². The van der Waals surface area contributed by atoms with Gasteiger partial charge in [-0.1, -0.05) is 30.3 Å². The minimum Gasteiger partial charge on any atom is -0.306 e. The second-order valence-electron chi connectivity index (χ2n) is 5.31. The van der Waals surface area contributed by atoms with Crippen molar-refractivity contribution in [2.24, 2.45) is 0 Å². The van der Waals surface area contributed by atoms with Crippen molar-refractivity contribution in [1.29, 1.82) is 0 Å². The Kier molecular flexibility index (Phi) is 4.70. The Bertz CT molecular complexity index is 653. The van der Waals surface area contributed by atoms with Crippen molar-refractivity contribution in [2.45, 2.75) is 33.4 Å².